The second-order valence-electron chi connectivity index (χ2n) is 3.42. The van der Waals surface area contributed by atoms with Crippen molar-refractivity contribution in [1.29, 1.82) is 5.26 Å². The van der Waals surface area contributed by atoms with Crippen LogP contribution in [0.15, 0.2) is 0 Å². The van der Waals surface area contributed by atoms with Crippen LogP contribution in [0.3, 0.4) is 0 Å². The number of hydrogen-bond acceptors (Lipinski definition) is 3. The van der Waals surface area contributed by atoms with Gasteiger partial charge in [0, 0.05) is 0 Å². The molecule has 16 heavy (non-hydrogen) atoms. The van der Waals surface area contributed by atoms with E-state index in [1.807, 2.05) is 0 Å². The highest BCUT2D eigenvalue weighted by molar-refractivity contribution is 5.53. The Labute approximate surface area is 90.5 Å². The standard InChI is InChI=1S/C9H11F3N4/c1-3-5(2)16-8(14)6(4-13)7(15-16)9(10,11)12/h5H,3,14H2,1-2H3/t5-/m1/s1. The number of rotatable bonds is 2. The van der Waals surface area contributed by atoms with E-state index in [0.717, 1.165) is 4.68 Å². The molecule has 0 aromatic carbocycles. The molecule has 0 radical (unpaired) electrons. The maximum absolute atomic E-state index is 12.5. The molecule has 0 amide bonds. The van der Waals surface area contributed by atoms with Crippen LogP contribution >= 0.6 is 0 Å². The third kappa shape index (κ3) is 1.96. The summed E-state index contributed by atoms with van der Waals surface area (Å²) in [7, 11) is 0. The molecule has 0 fully saturated rings. The molecule has 0 aliphatic carbocycles. The average molecular weight is 232 g/mol. The Morgan fingerprint density at radius 1 is 1.56 bits per heavy atom. The first-order chi connectivity index (χ1) is 7.32. The Balaban J connectivity index is 3.39. The highest BCUT2D eigenvalue weighted by Crippen LogP contribution is 2.34. The molecule has 0 saturated carbocycles. The van der Waals surface area contributed by atoms with Crippen molar-refractivity contribution < 1.29 is 13.2 Å². The van der Waals surface area contributed by atoms with Crippen LogP contribution in [0.25, 0.3) is 0 Å². The van der Waals surface area contributed by atoms with Crippen LogP contribution in [0.4, 0.5) is 19.0 Å². The second kappa shape index (κ2) is 4.04. The summed E-state index contributed by atoms with van der Waals surface area (Å²) in [6.45, 7) is 3.48. The summed E-state index contributed by atoms with van der Waals surface area (Å²) in [6.07, 6.45) is -4.08. The lowest BCUT2D eigenvalue weighted by Crippen LogP contribution is -2.11. The van der Waals surface area contributed by atoms with Crippen molar-refractivity contribution in [3.05, 3.63) is 11.3 Å². The molecule has 2 N–H and O–H groups in total. The zero-order chi connectivity index (χ0) is 12.5. The monoisotopic (exact) mass is 232 g/mol. The van der Waals surface area contributed by atoms with Crippen molar-refractivity contribution in [3.8, 4) is 6.07 Å². The van der Waals surface area contributed by atoms with Crippen LogP contribution in [0.5, 0.6) is 0 Å². The quantitative estimate of drug-likeness (QED) is 0.850. The van der Waals surface area contributed by atoms with Crippen LogP contribution in [0, 0.1) is 11.3 Å². The molecular formula is C9H11F3N4. The number of nitrogen functional groups attached to an aromatic ring is 1. The average Bonchev–Trinajstić information content (AvgIpc) is 2.53. The fourth-order valence-electron chi connectivity index (χ4n) is 1.27. The minimum atomic E-state index is -4.65. The summed E-state index contributed by atoms with van der Waals surface area (Å²) in [5.41, 5.74) is 3.65. The lowest BCUT2D eigenvalue weighted by molar-refractivity contribution is -0.141. The number of anilines is 1. The van der Waals surface area contributed by atoms with E-state index in [4.69, 9.17) is 11.0 Å². The van der Waals surface area contributed by atoms with E-state index in [-0.39, 0.29) is 11.9 Å². The molecule has 0 aliphatic heterocycles. The summed E-state index contributed by atoms with van der Waals surface area (Å²) >= 11 is 0. The summed E-state index contributed by atoms with van der Waals surface area (Å²) in [6, 6.07) is 1.17. The lowest BCUT2D eigenvalue weighted by Gasteiger charge is -2.10. The summed E-state index contributed by atoms with van der Waals surface area (Å²) in [5, 5.41) is 12.0. The first-order valence-corrected chi connectivity index (χ1v) is 4.68. The molecule has 4 nitrogen and oxygen atoms in total. The Bertz CT molecular complexity index is 427. The van der Waals surface area contributed by atoms with Crippen LogP contribution < -0.4 is 5.73 Å². The van der Waals surface area contributed by atoms with Gasteiger partial charge >= 0.3 is 6.18 Å². The number of halogens is 3. The van der Waals surface area contributed by atoms with Gasteiger partial charge in [-0.25, -0.2) is 4.68 Å². The molecule has 1 aromatic heterocycles. The van der Waals surface area contributed by atoms with Gasteiger partial charge in [-0.2, -0.15) is 23.5 Å². The SMILES string of the molecule is CC[C@@H](C)n1nc(C(F)(F)F)c(C#N)c1N. The fourth-order valence-corrected chi connectivity index (χ4v) is 1.27. The van der Waals surface area contributed by atoms with Crippen LogP contribution in [-0.2, 0) is 6.18 Å². The van der Waals surface area contributed by atoms with Crippen molar-refractivity contribution in [2.45, 2.75) is 32.5 Å². The Hall–Kier alpha value is -1.71. The van der Waals surface area contributed by atoms with Gasteiger partial charge in [0.25, 0.3) is 0 Å². The zero-order valence-electron chi connectivity index (χ0n) is 8.84. The lowest BCUT2D eigenvalue weighted by atomic mass is 10.2. The van der Waals surface area contributed by atoms with Gasteiger partial charge in [0.15, 0.2) is 5.69 Å². The highest BCUT2D eigenvalue weighted by Gasteiger charge is 2.39. The molecule has 0 spiro atoms. The second-order valence-corrected chi connectivity index (χ2v) is 3.42. The number of alkyl halides is 3. The first kappa shape index (κ1) is 12.4. The molecule has 1 heterocycles. The number of nitrogens with zero attached hydrogens (tertiary/aromatic N) is 3. The zero-order valence-corrected chi connectivity index (χ0v) is 8.84. The molecule has 1 aromatic rings. The molecule has 1 rings (SSSR count). The molecule has 7 heteroatoms. The molecule has 0 saturated heterocycles. The highest BCUT2D eigenvalue weighted by atomic mass is 19.4. The van der Waals surface area contributed by atoms with E-state index in [2.05, 4.69) is 5.10 Å². The van der Waals surface area contributed by atoms with Crippen molar-refractivity contribution >= 4 is 5.82 Å². The molecule has 0 unspecified atom stereocenters. The minimum absolute atomic E-state index is 0.232. The molecule has 0 bridgehead atoms. The predicted octanol–water partition coefficient (Wildman–Crippen LogP) is 2.33. The smallest absolute Gasteiger partial charge is 0.383 e. The topological polar surface area (TPSA) is 67.6 Å². The fraction of sp³-hybridized carbons (Fsp3) is 0.556. The maximum atomic E-state index is 12.5. The molecular weight excluding hydrogens is 221 g/mol. The van der Waals surface area contributed by atoms with Gasteiger partial charge in [0.05, 0.1) is 6.04 Å². The minimum Gasteiger partial charge on any atom is -0.383 e. The van der Waals surface area contributed by atoms with Gasteiger partial charge in [-0.1, -0.05) is 6.92 Å². The normalized spacial score (nSPS) is 13.5. The van der Waals surface area contributed by atoms with Crippen LogP contribution in [0.2, 0.25) is 0 Å². The number of nitriles is 1. The third-order valence-corrected chi connectivity index (χ3v) is 2.34. The Morgan fingerprint density at radius 3 is 2.44 bits per heavy atom. The van der Waals surface area contributed by atoms with Crippen molar-refractivity contribution in [3.63, 3.8) is 0 Å². The van der Waals surface area contributed by atoms with E-state index >= 15 is 0 Å². The molecule has 1 atom stereocenters. The van der Waals surface area contributed by atoms with Crippen LogP contribution in [-0.4, -0.2) is 9.78 Å². The Kier molecular flexibility index (Phi) is 3.12. The summed E-state index contributed by atoms with van der Waals surface area (Å²) in [5.74, 6) is -0.232. The van der Waals surface area contributed by atoms with E-state index in [1.165, 1.54) is 6.07 Å². The van der Waals surface area contributed by atoms with Crippen molar-refractivity contribution in [2.75, 3.05) is 5.73 Å². The van der Waals surface area contributed by atoms with Gasteiger partial charge in [-0.3, -0.25) is 0 Å². The number of nitrogens with two attached hydrogens (primary N) is 1. The van der Waals surface area contributed by atoms with E-state index in [0.29, 0.717) is 6.42 Å². The summed E-state index contributed by atoms with van der Waals surface area (Å²) in [4.78, 5) is 0. The molecule has 88 valence electrons. The summed E-state index contributed by atoms with van der Waals surface area (Å²) < 4.78 is 38.6. The Morgan fingerprint density at radius 2 is 2.12 bits per heavy atom. The number of aromatic nitrogens is 2. The van der Waals surface area contributed by atoms with Gasteiger partial charge in [0.1, 0.15) is 17.5 Å². The van der Waals surface area contributed by atoms with Crippen LogP contribution in [0.1, 0.15) is 37.6 Å². The molecule has 0 aliphatic rings. The van der Waals surface area contributed by atoms with E-state index < -0.39 is 17.4 Å². The first-order valence-electron chi connectivity index (χ1n) is 4.68. The largest absolute Gasteiger partial charge is 0.436 e. The van der Waals surface area contributed by atoms with Gasteiger partial charge in [-0.05, 0) is 13.3 Å². The van der Waals surface area contributed by atoms with E-state index in [1.54, 1.807) is 13.8 Å². The predicted molar refractivity (Wildman–Crippen MR) is 51.4 cm³/mol. The van der Waals surface area contributed by atoms with Crippen molar-refractivity contribution in [2.24, 2.45) is 0 Å². The van der Waals surface area contributed by atoms with Gasteiger partial charge in [0.2, 0.25) is 0 Å². The van der Waals surface area contributed by atoms with Gasteiger partial charge < -0.3 is 5.73 Å². The van der Waals surface area contributed by atoms with E-state index in [9.17, 15) is 13.2 Å². The van der Waals surface area contributed by atoms with Gasteiger partial charge in [-0.15, -0.1) is 0 Å². The maximum Gasteiger partial charge on any atom is 0.436 e. The third-order valence-electron chi connectivity index (χ3n) is 2.34. The van der Waals surface area contributed by atoms with Crippen molar-refractivity contribution in [1.82, 2.24) is 9.78 Å². The number of hydrogen-bond donors (Lipinski definition) is 1.